The summed E-state index contributed by atoms with van der Waals surface area (Å²) in [5.41, 5.74) is 1.38. The maximum atomic E-state index is 12.4. The van der Waals surface area contributed by atoms with Crippen LogP contribution in [0.4, 0.5) is 0 Å². The zero-order valence-electron chi connectivity index (χ0n) is 14.1. The Bertz CT molecular complexity index is 493. The lowest BCUT2D eigenvalue weighted by molar-refractivity contribution is 0.102. The fourth-order valence-corrected chi connectivity index (χ4v) is 2.70. The highest BCUT2D eigenvalue weighted by Crippen LogP contribution is 2.17. The molecule has 0 atom stereocenters. The van der Waals surface area contributed by atoms with E-state index in [0.717, 1.165) is 38.3 Å². The minimum Gasteiger partial charge on any atom is -0.494 e. The number of ether oxygens (including phenoxy) is 1. The van der Waals surface area contributed by atoms with E-state index in [1.54, 1.807) is 0 Å². The van der Waals surface area contributed by atoms with Crippen LogP contribution in [0.2, 0.25) is 0 Å². The quantitative estimate of drug-likeness (QED) is 0.397. The average Bonchev–Trinajstić information content (AvgIpc) is 2.56. The van der Waals surface area contributed by atoms with Crippen LogP contribution in [0.1, 0.15) is 49.4 Å². The van der Waals surface area contributed by atoms with Crippen LogP contribution in [0, 0.1) is 0 Å². The highest BCUT2D eigenvalue weighted by Gasteiger charge is 2.16. The standard InChI is InChI=1S/C19H27NO2.ClH/c1-3-4-14-22-18-10-8-17(9-11-18)19(21)16(2)15-20-12-6-5-7-13-20;/h8-11H,2-7,12-15H2,1H3;1H. The molecule has 1 heterocycles. The largest absolute Gasteiger partial charge is 0.494 e. The lowest BCUT2D eigenvalue weighted by atomic mass is 10.0. The van der Waals surface area contributed by atoms with Gasteiger partial charge in [-0.3, -0.25) is 9.69 Å². The Morgan fingerprint density at radius 1 is 1.17 bits per heavy atom. The summed E-state index contributed by atoms with van der Waals surface area (Å²) < 4.78 is 5.62. The molecule has 0 unspecified atom stereocenters. The van der Waals surface area contributed by atoms with Crippen molar-refractivity contribution in [3.8, 4) is 5.75 Å². The van der Waals surface area contributed by atoms with E-state index in [2.05, 4.69) is 18.4 Å². The van der Waals surface area contributed by atoms with Gasteiger partial charge in [-0.05, 0) is 56.6 Å². The van der Waals surface area contributed by atoms with E-state index in [-0.39, 0.29) is 18.2 Å². The van der Waals surface area contributed by atoms with Crippen LogP contribution in [0.25, 0.3) is 0 Å². The Kier molecular flexibility index (Phi) is 8.97. The van der Waals surface area contributed by atoms with Crippen molar-refractivity contribution >= 4 is 18.2 Å². The van der Waals surface area contributed by atoms with Crippen LogP contribution in [0.5, 0.6) is 5.75 Å². The van der Waals surface area contributed by atoms with Gasteiger partial charge in [0.2, 0.25) is 0 Å². The summed E-state index contributed by atoms with van der Waals surface area (Å²) in [5, 5.41) is 0. The van der Waals surface area contributed by atoms with Crippen LogP contribution < -0.4 is 4.74 Å². The monoisotopic (exact) mass is 337 g/mol. The van der Waals surface area contributed by atoms with Crippen molar-refractivity contribution in [3.63, 3.8) is 0 Å². The number of rotatable bonds is 8. The number of hydrogen-bond donors (Lipinski definition) is 0. The van der Waals surface area contributed by atoms with Crippen LogP contribution in [-0.2, 0) is 0 Å². The normalized spacial score (nSPS) is 14.8. The molecule has 3 nitrogen and oxygen atoms in total. The second-order valence-corrected chi connectivity index (χ2v) is 6.00. The first-order chi connectivity index (χ1) is 10.7. The predicted molar refractivity (Wildman–Crippen MR) is 97.9 cm³/mol. The van der Waals surface area contributed by atoms with Crippen molar-refractivity contribution < 1.29 is 9.53 Å². The molecule has 0 N–H and O–H groups in total. The second-order valence-electron chi connectivity index (χ2n) is 6.00. The van der Waals surface area contributed by atoms with E-state index in [9.17, 15) is 4.79 Å². The molecule has 23 heavy (non-hydrogen) atoms. The van der Waals surface area contributed by atoms with Gasteiger partial charge in [-0.25, -0.2) is 0 Å². The van der Waals surface area contributed by atoms with E-state index < -0.39 is 0 Å². The minimum absolute atomic E-state index is 0. The molecule has 0 saturated carbocycles. The van der Waals surface area contributed by atoms with Gasteiger partial charge in [-0.1, -0.05) is 26.3 Å². The average molecular weight is 338 g/mol. The SMILES string of the molecule is C=C(CN1CCCCC1)C(=O)c1ccc(OCCCC)cc1.Cl. The van der Waals surface area contributed by atoms with Gasteiger partial charge >= 0.3 is 0 Å². The molecule has 1 aromatic carbocycles. The van der Waals surface area contributed by atoms with E-state index in [1.165, 1.54) is 19.3 Å². The van der Waals surface area contributed by atoms with Gasteiger partial charge in [0.1, 0.15) is 5.75 Å². The molecule has 0 radical (unpaired) electrons. The first-order valence-electron chi connectivity index (χ1n) is 8.38. The van der Waals surface area contributed by atoms with Crippen LogP contribution >= 0.6 is 12.4 Å². The number of likely N-dealkylation sites (tertiary alicyclic amines) is 1. The molecule has 1 aromatic rings. The van der Waals surface area contributed by atoms with Crippen LogP contribution in [-0.4, -0.2) is 36.9 Å². The molecule has 0 spiro atoms. The molecule has 2 rings (SSSR count). The third kappa shape index (κ3) is 6.36. The summed E-state index contributed by atoms with van der Waals surface area (Å²) in [5.74, 6) is 0.873. The van der Waals surface area contributed by atoms with E-state index in [1.807, 2.05) is 24.3 Å². The number of hydrogen-bond acceptors (Lipinski definition) is 3. The Morgan fingerprint density at radius 3 is 2.43 bits per heavy atom. The number of carbonyl (C=O) groups is 1. The van der Waals surface area contributed by atoms with Crippen molar-refractivity contribution in [2.24, 2.45) is 0 Å². The van der Waals surface area contributed by atoms with Crippen molar-refractivity contribution in [2.45, 2.75) is 39.0 Å². The molecule has 0 bridgehead atoms. The first-order valence-corrected chi connectivity index (χ1v) is 8.38. The molecule has 0 amide bonds. The van der Waals surface area contributed by atoms with Crippen molar-refractivity contribution in [1.82, 2.24) is 4.90 Å². The van der Waals surface area contributed by atoms with Gasteiger partial charge in [0.15, 0.2) is 5.78 Å². The van der Waals surface area contributed by atoms with Gasteiger partial charge in [0, 0.05) is 17.7 Å². The highest BCUT2D eigenvalue weighted by atomic mass is 35.5. The molecule has 0 aromatic heterocycles. The molecule has 4 heteroatoms. The molecule has 1 saturated heterocycles. The smallest absolute Gasteiger partial charge is 0.189 e. The molecular formula is C19H28ClNO2. The first kappa shape index (κ1) is 19.7. The Hall–Kier alpha value is -1.32. The number of unbranched alkanes of at least 4 members (excludes halogenated alkanes) is 1. The zero-order chi connectivity index (χ0) is 15.8. The molecule has 0 aliphatic carbocycles. The summed E-state index contributed by atoms with van der Waals surface area (Å²) in [4.78, 5) is 14.7. The second kappa shape index (κ2) is 10.5. The Balaban J connectivity index is 0.00000264. The fourth-order valence-electron chi connectivity index (χ4n) is 2.70. The number of Topliss-reactive ketones (excluding diaryl/α,β-unsaturated/α-hetero) is 1. The third-order valence-corrected chi connectivity index (χ3v) is 4.07. The van der Waals surface area contributed by atoms with E-state index in [0.29, 0.717) is 17.7 Å². The maximum absolute atomic E-state index is 12.4. The lowest BCUT2D eigenvalue weighted by Crippen LogP contribution is -2.32. The summed E-state index contributed by atoms with van der Waals surface area (Å²) in [7, 11) is 0. The maximum Gasteiger partial charge on any atom is 0.189 e. The van der Waals surface area contributed by atoms with Gasteiger partial charge in [-0.15, -0.1) is 12.4 Å². The van der Waals surface area contributed by atoms with Crippen molar-refractivity contribution in [2.75, 3.05) is 26.2 Å². The predicted octanol–water partition coefficient (Wildman–Crippen LogP) is 4.51. The van der Waals surface area contributed by atoms with Crippen LogP contribution in [0.3, 0.4) is 0 Å². The van der Waals surface area contributed by atoms with Gasteiger partial charge in [-0.2, -0.15) is 0 Å². The zero-order valence-corrected chi connectivity index (χ0v) is 14.9. The van der Waals surface area contributed by atoms with Gasteiger partial charge < -0.3 is 4.74 Å². The topological polar surface area (TPSA) is 29.5 Å². The van der Waals surface area contributed by atoms with E-state index >= 15 is 0 Å². The molecular weight excluding hydrogens is 310 g/mol. The Morgan fingerprint density at radius 2 is 1.83 bits per heavy atom. The minimum atomic E-state index is 0. The number of halogens is 1. The molecule has 128 valence electrons. The molecule has 1 aliphatic heterocycles. The third-order valence-electron chi connectivity index (χ3n) is 4.07. The van der Waals surface area contributed by atoms with Crippen molar-refractivity contribution in [3.05, 3.63) is 42.0 Å². The summed E-state index contributed by atoms with van der Waals surface area (Å²) >= 11 is 0. The van der Waals surface area contributed by atoms with Gasteiger partial charge in [0.25, 0.3) is 0 Å². The summed E-state index contributed by atoms with van der Waals surface area (Å²) in [6, 6.07) is 7.42. The molecule has 1 aliphatic rings. The summed E-state index contributed by atoms with van der Waals surface area (Å²) in [6.07, 6.45) is 5.92. The molecule has 1 fully saturated rings. The van der Waals surface area contributed by atoms with Crippen molar-refractivity contribution in [1.29, 1.82) is 0 Å². The number of ketones is 1. The van der Waals surface area contributed by atoms with Gasteiger partial charge in [0.05, 0.1) is 6.61 Å². The summed E-state index contributed by atoms with van der Waals surface area (Å²) in [6.45, 7) is 9.70. The van der Waals surface area contributed by atoms with E-state index in [4.69, 9.17) is 4.74 Å². The number of carbonyl (C=O) groups excluding carboxylic acids is 1. The Labute approximate surface area is 146 Å². The number of piperidine rings is 1. The number of benzene rings is 1. The lowest BCUT2D eigenvalue weighted by Gasteiger charge is -2.26. The number of nitrogens with zero attached hydrogens (tertiary/aromatic N) is 1. The fraction of sp³-hybridized carbons (Fsp3) is 0.526. The highest BCUT2D eigenvalue weighted by molar-refractivity contribution is 6.08. The van der Waals surface area contributed by atoms with Crippen LogP contribution in [0.15, 0.2) is 36.4 Å².